The number of methoxy groups -OCH3 is 1. The highest BCUT2D eigenvalue weighted by Crippen LogP contribution is 2.23. The van der Waals surface area contributed by atoms with Crippen LogP contribution in [0.1, 0.15) is 5.56 Å². The number of aryl methyl sites for hydroxylation is 1. The summed E-state index contributed by atoms with van der Waals surface area (Å²) in [6.07, 6.45) is 0. The quantitative estimate of drug-likeness (QED) is 0.589. The van der Waals surface area contributed by atoms with Crippen LogP contribution in [-0.2, 0) is 13.6 Å². The molecule has 1 rings (SSSR count). The van der Waals surface area contributed by atoms with E-state index in [0.29, 0.717) is 17.3 Å². The minimum Gasteiger partial charge on any atom is -0.384 e. The zero-order valence-corrected chi connectivity index (χ0v) is 10.4. The lowest BCUT2D eigenvalue weighted by molar-refractivity contribution is 0.219. The van der Waals surface area contributed by atoms with E-state index in [1.165, 1.54) is 0 Å². The van der Waals surface area contributed by atoms with Gasteiger partial charge in [0, 0.05) is 12.9 Å². The Labute approximate surface area is 94.2 Å². The fourth-order valence-electron chi connectivity index (χ4n) is 1.00. The third kappa shape index (κ3) is 3.85. The molecule has 0 amide bonds. The first-order valence-electron chi connectivity index (χ1n) is 4.51. The third-order valence-electron chi connectivity index (χ3n) is 1.84. The summed E-state index contributed by atoms with van der Waals surface area (Å²) in [5.74, 6) is 0.451. The number of ether oxygens (including phenoxy) is 1. The predicted molar refractivity (Wildman–Crippen MR) is 62.7 cm³/mol. The van der Waals surface area contributed by atoms with Crippen LogP contribution in [0, 0.1) is 6.92 Å². The maximum Gasteiger partial charge on any atom is 0.230 e. The number of rotatable bonds is 5. The molecule has 0 aromatic heterocycles. The lowest BCUT2D eigenvalue weighted by atomic mass is 10.2. The maximum absolute atomic E-state index is 11.7. The SMILES string of the molecule is COCCSS(=O)(=O)c1ccc(C)cc1. The maximum atomic E-state index is 11.7. The second-order valence-corrected chi connectivity index (χ2v) is 7.13. The average molecular weight is 246 g/mol. The van der Waals surface area contributed by atoms with E-state index < -0.39 is 8.87 Å². The van der Waals surface area contributed by atoms with Gasteiger partial charge in [0.25, 0.3) is 0 Å². The Bertz CT molecular complexity index is 395. The summed E-state index contributed by atoms with van der Waals surface area (Å²) in [6, 6.07) is 6.85. The molecule has 5 heteroatoms. The molecule has 0 aliphatic carbocycles. The van der Waals surface area contributed by atoms with E-state index in [-0.39, 0.29) is 0 Å². The van der Waals surface area contributed by atoms with Gasteiger partial charge in [-0.3, -0.25) is 0 Å². The van der Waals surface area contributed by atoms with Crippen LogP contribution < -0.4 is 0 Å². The van der Waals surface area contributed by atoms with Crippen molar-refractivity contribution in [2.24, 2.45) is 0 Å². The van der Waals surface area contributed by atoms with Crippen molar-refractivity contribution in [3.05, 3.63) is 29.8 Å². The van der Waals surface area contributed by atoms with Gasteiger partial charge in [0.05, 0.1) is 11.5 Å². The van der Waals surface area contributed by atoms with Crippen LogP contribution in [0.25, 0.3) is 0 Å². The number of hydrogen-bond donors (Lipinski definition) is 0. The highest BCUT2D eigenvalue weighted by molar-refractivity contribution is 8.72. The Kier molecular flexibility index (Phi) is 4.63. The summed E-state index contributed by atoms with van der Waals surface area (Å²) < 4.78 is 28.3. The fourth-order valence-corrected chi connectivity index (χ4v) is 3.66. The summed E-state index contributed by atoms with van der Waals surface area (Å²) in [4.78, 5) is 0.356. The largest absolute Gasteiger partial charge is 0.384 e. The minimum atomic E-state index is -3.21. The smallest absolute Gasteiger partial charge is 0.230 e. The normalized spacial score (nSPS) is 11.6. The van der Waals surface area contributed by atoms with Gasteiger partial charge in [0.1, 0.15) is 0 Å². The second-order valence-electron chi connectivity index (χ2n) is 3.08. The highest BCUT2D eigenvalue weighted by Gasteiger charge is 2.13. The molecule has 0 aliphatic heterocycles. The van der Waals surface area contributed by atoms with E-state index in [1.54, 1.807) is 31.4 Å². The van der Waals surface area contributed by atoms with Gasteiger partial charge in [-0.1, -0.05) is 17.7 Å². The summed E-state index contributed by atoms with van der Waals surface area (Å²) in [7, 11) is -0.749. The van der Waals surface area contributed by atoms with Crippen LogP contribution in [0.4, 0.5) is 0 Å². The molecule has 0 aliphatic rings. The molecule has 0 heterocycles. The van der Waals surface area contributed by atoms with Crippen LogP contribution in [0.15, 0.2) is 29.2 Å². The van der Waals surface area contributed by atoms with E-state index in [0.717, 1.165) is 16.4 Å². The van der Waals surface area contributed by atoms with Crippen molar-refractivity contribution in [3.8, 4) is 0 Å². The standard InChI is InChI=1S/C10H14O3S2/c1-9-3-5-10(6-4-9)15(11,12)14-8-7-13-2/h3-6H,7-8H2,1-2H3. The average Bonchev–Trinajstić information content (AvgIpc) is 2.18. The Hall–Kier alpha value is -0.520. The van der Waals surface area contributed by atoms with Gasteiger partial charge in [-0.15, -0.1) is 0 Å². The van der Waals surface area contributed by atoms with Crippen LogP contribution in [0.2, 0.25) is 0 Å². The van der Waals surface area contributed by atoms with Gasteiger partial charge in [-0.2, -0.15) is 0 Å². The van der Waals surface area contributed by atoms with Crippen molar-refractivity contribution in [3.63, 3.8) is 0 Å². The fraction of sp³-hybridized carbons (Fsp3) is 0.400. The molecule has 15 heavy (non-hydrogen) atoms. The molecule has 0 fully saturated rings. The van der Waals surface area contributed by atoms with E-state index in [9.17, 15) is 8.42 Å². The van der Waals surface area contributed by atoms with Gasteiger partial charge in [0.2, 0.25) is 8.87 Å². The third-order valence-corrected chi connectivity index (χ3v) is 5.34. The lowest BCUT2D eigenvalue weighted by Gasteiger charge is -2.03. The molecule has 0 atom stereocenters. The Balaban J connectivity index is 2.73. The minimum absolute atomic E-state index is 0.356. The summed E-state index contributed by atoms with van der Waals surface area (Å²) >= 11 is 0. The van der Waals surface area contributed by atoms with Gasteiger partial charge in [-0.25, -0.2) is 8.42 Å². The van der Waals surface area contributed by atoms with Crippen LogP contribution in [-0.4, -0.2) is 27.9 Å². The van der Waals surface area contributed by atoms with Gasteiger partial charge < -0.3 is 4.74 Å². The molecule has 0 bridgehead atoms. The zero-order valence-electron chi connectivity index (χ0n) is 8.76. The molecule has 0 spiro atoms. The van der Waals surface area contributed by atoms with E-state index in [2.05, 4.69) is 0 Å². The van der Waals surface area contributed by atoms with Gasteiger partial charge in [0.15, 0.2) is 0 Å². The molecule has 0 saturated carbocycles. The van der Waals surface area contributed by atoms with Crippen molar-refractivity contribution >= 4 is 19.7 Å². The van der Waals surface area contributed by atoms with Gasteiger partial charge in [-0.05, 0) is 29.9 Å². The van der Waals surface area contributed by atoms with E-state index in [1.807, 2.05) is 6.92 Å². The van der Waals surface area contributed by atoms with E-state index in [4.69, 9.17) is 4.74 Å². The van der Waals surface area contributed by atoms with Crippen LogP contribution in [0.3, 0.4) is 0 Å². The first-order chi connectivity index (χ1) is 7.06. The molecule has 1 aromatic carbocycles. The van der Waals surface area contributed by atoms with Crippen molar-refractivity contribution in [2.75, 3.05) is 19.5 Å². The molecular weight excluding hydrogens is 232 g/mol. The predicted octanol–water partition coefficient (Wildman–Crippen LogP) is 2.06. The molecule has 1 aromatic rings. The molecule has 0 radical (unpaired) electrons. The van der Waals surface area contributed by atoms with Crippen LogP contribution in [0.5, 0.6) is 0 Å². The molecule has 0 saturated heterocycles. The summed E-state index contributed by atoms with van der Waals surface area (Å²) in [5.41, 5.74) is 1.05. The van der Waals surface area contributed by atoms with Crippen LogP contribution >= 0.6 is 10.8 Å². The number of hydrogen-bond acceptors (Lipinski definition) is 4. The zero-order chi connectivity index (χ0) is 11.3. The molecular formula is C10H14O3S2. The second kappa shape index (κ2) is 5.53. The first-order valence-corrected chi connectivity index (χ1v) is 7.50. The van der Waals surface area contributed by atoms with Gasteiger partial charge >= 0.3 is 0 Å². The topological polar surface area (TPSA) is 43.4 Å². The van der Waals surface area contributed by atoms with E-state index >= 15 is 0 Å². The monoisotopic (exact) mass is 246 g/mol. The Morgan fingerprint density at radius 3 is 2.40 bits per heavy atom. The highest BCUT2D eigenvalue weighted by atomic mass is 33.1. The van der Waals surface area contributed by atoms with Crippen molar-refractivity contribution in [1.82, 2.24) is 0 Å². The molecule has 3 nitrogen and oxygen atoms in total. The first kappa shape index (κ1) is 12.5. The molecule has 84 valence electrons. The Morgan fingerprint density at radius 1 is 1.27 bits per heavy atom. The lowest BCUT2D eigenvalue weighted by Crippen LogP contribution is -2.00. The number of benzene rings is 1. The van der Waals surface area contributed by atoms with Crippen molar-refractivity contribution < 1.29 is 13.2 Å². The summed E-state index contributed by atoms with van der Waals surface area (Å²) in [5, 5.41) is 0. The van der Waals surface area contributed by atoms with Crippen molar-refractivity contribution in [2.45, 2.75) is 11.8 Å². The summed E-state index contributed by atoms with van der Waals surface area (Å²) in [6.45, 7) is 2.37. The molecule has 0 N–H and O–H groups in total. The molecule has 0 unspecified atom stereocenters. The Morgan fingerprint density at radius 2 is 1.87 bits per heavy atom. The van der Waals surface area contributed by atoms with Crippen molar-refractivity contribution in [1.29, 1.82) is 0 Å².